The first-order valence-electron chi connectivity index (χ1n) is 4.46. The van der Waals surface area contributed by atoms with Crippen LogP contribution >= 0.6 is 0 Å². The molecule has 0 amide bonds. The van der Waals surface area contributed by atoms with Gasteiger partial charge in [-0.25, -0.2) is 4.79 Å². The lowest BCUT2D eigenvalue weighted by Gasteiger charge is -2.26. The number of hydrogen-bond donors (Lipinski definition) is 3. The topological polar surface area (TPSA) is 77.8 Å². The van der Waals surface area contributed by atoms with Crippen molar-refractivity contribution in [3.05, 3.63) is 23.3 Å². The van der Waals surface area contributed by atoms with Crippen molar-refractivity contribution in [3.63, 3.8) is 0 Å². The number of aliphatic hydroxyl groups is 2. The van der Waals surface area contributed by atoms with Crippen LogP contribution in [0, 0.1) is 5.92 Å². The standard InChI is InChI=1S/C10H14O4/c1-5(2)6-3-4-7(10(13)14)9(12)8(6)11/h3-5,8-9,11-12H,1-2H3,(H,13,14)/t8-,9+/m1/s1. The van der Waals surface area contributed by atoms with Crippen molar-refractivity contribution in [3.8, 4) is 0 Å². The summed E-state index contributed by atoms with van der Waals surface area (Å²) in [6, 6.07) is 0. The van der Waals surface area contributed by atoms with Gasteiger partial charge in [0.2, 0.25) is 0 Å². The molecule has 0 fully saturated rings. The van der Waals surface area contributed by atoms with Crippen LogP contribution in [0.5, 0.6) is 0 Å². The fourth-order valence-electron chi connectivity index (χ4n) is 1.47. The van der Waals surface area contributed by atoms with Gasteiger partial charge < -0.3 is 15.3 Å². The van der Waals surface area contributed by atoms with Gasteiger partial charge in [-0.1, -0.05) is 19.9 Å². The fraction of sp³-hybridized carbons (Fsp3) is 0.500. The van der Waals surface area contributed by atoms with Gasteiger partial charge in [-0.05, 0) is 17.6 Å². The van der Waals surface area contributed by atoms with E-state index in [1.807, 2.05) is 13.8 Å². The molecule has 0 aromatic carbocycles. The SMILES string of the molecule is CC(C)C1=CC=C(C(=O)O)[C@H](O)[C@@H]1O. The second-order valence-corrected chi connectivity index (χ2v) is 3.64. The maximum atomic E-state index is 10.6. The summed E-state index contributed by atoms with van der Waals surface area (Å²) in [5.74, 6) is -1.11. The zero-order valence-corrected chi connectivity index (χ0v) is 8.14. The second-order valence-electron chi connectivity index (χ2n) is 3.64. The minimum absolute atomic E-state index is 0.0891. The summed E-state index contributed by atoms with van der Waals surface area (Å²) in [7, 11) is 0. The van der Waals surface area contributed by atoms with E-state index in [-0.39, 0.29) is 11.5 Å². The van der Waals surface area contributed by atoms with Crippen molar-refractivity contribution in [2.75, 3.05) is 0 Å². The molecule has 1 rings (SSSR count). The monoisotopic (exact) mass is 198 g/mol. The number of aliphatic hydroxyl groups excluding tert-OH is 2. The number of aliphatic carboxylic acids is 1. The first-order chi connectivity index (χ1) is 6.45. The molecule has 14 heavy (non-hydrogen) atoms. The Labute approximate surface area is 82.2 Å². The van der Waals surface area contributed by atoms with E-state index in [1.165, 1.54) is 6.08 Å². The predicted molar refractivity (Wildman–Crippen MR) is 50.7 cm³/mol. The van der Waals surface area contributed by atoms with Gasteiger partial charge >= 0.3 is 5.97 Å². The summed E-state index contributed by atoms with van der Waals surface area (Å²) in [6.45, 7) is 3.75. The molecular formula is C10H14O4. The van der Waals surface area contributed by atoms with Crippen molar-refractivity contribution >= 4 is 5.97 Å². The molecule has 78 valence electrons. The summed E-state index contributed by atoms with van der Waals surface area (Å²) < 4.78 is 0. The lowest BCUT2D eigenvalue weighted by Crippen LogP contribution is -2.36. The van der Waals surface area contributed by atoms with Crippen LogP contribution in [0.1, 0.15) is 13.8 Å². The number of carbonyl (C=O) groups is 1. The third-order valence-electron chi connectivity index (χ3n) is 2.33. The quantitative estimate of drug-likeness (QED) is 0.597. The Kier molecular flexibility index (Phi) is 3.08. The first kappa shape index (κ1) is 10.9. The van der Waals surface area contributed by atoms with Gasteiger partial charge in [-0.2, -0.15) is 0 Å². The molecule has 0 saturated heterocycles. The Morgan fingerprint density at radius 3 is 2.29 bits per heavy atom. The molecule has 0 radical (unpaired) electrons. The van der Waals surface area contributed by atoms with Gasteiger partial charge in [-0.3, -0.25) is 0 Å². The molecule has 3 N–H and O–H groups in total. The largest absolute Gasteiger partial charge is 0.478 e. The van der Waals surface area contributed by atoms with Gasteiger partial charge in [0.25, 0.3) is 0 Å². The van der Waals surface area contributed by atoms with Crippen LogP contribution in [0.15, 0.2) is 23.3 Å². The van der Waals surface area contributed by atoms with Crippen LogP contribution in [0.2, 0.25) is 0 Å². The Morgan fingerprint density at radius 2 is 1.86 bits per heavy atom. The molecule has 0 aromatic heterocycles. The van der Waals surface area contributed by atoms with Gasteiger partial charge in [-0.15, -0.1) is 0 Å². The Balaban J connectivity index is 3.02. The molecule has 0 spiro atoms. The van der Waals surface area contributed by atoms with Crippen LogP contribution < -0.4 is 0 Å². The van der Waals surface area contributed by atoms with Crippen LogP contribution in [-0.4, -0.2) is 33.5 Å². The lowest BCUT2D eigenvalue weighted by molar-refractivity contribution is -0.134. The highest BCUT2D eigenvalue weighted by molar-refractivity contribution is 5.88. The van der Waals surface area contributed by atoms with Crippen molar-refractivity contribution in [2.24, 2.45) is 5.92 Å². The highest BCUT2D eigenvalue weighted by Crippen LogP contribution is 2.25. The average Bonchev–Trinajstić information content (AvgIpc) is 2.08. The van der Waals surface area contributed by atoms with Crippen molar-refractivity contribution < 1.29 is 20.1 Å². The number of carboxylic acids is 1. The van der Waals surface area contributed by atoms with Gasteiger partial charge in [0, 0.05) is 0 Å². The lowest BCUT2D eigenvalue weighted by atomic mass is 9.86. The maximum Gasteiger partial charge on any atom is 0.334 e. The highest BCUT2D eigenvalue weighted by atomic mass is 16.4. The van der Waals surface area contributed by atoms with E-state index >= 15 is 0 Å². The van der Waals surface area contributed by atoms with Crippen LogP contribution in [0.25, 0.3) is 0 Å². The fourth-order valence-corrected chi connectivity index (χ4v) is 1.47. The second kappa shape index (κ2) is 3.94. The smallest absolute Gasteiger partial charge is 0.334 e. The Morgan fingerprint density at radius 1 is 1.29 bits per heavy atom. The molecule has 1 aliphatic carbocycles. The zero-order valence-electron chi connectivity index (χ0n) is 8.14. The Bertz CT molecular complexity index is 301. The zero-order chi connectivity index (χ0) is 10.9. The van der Waals surface area contributed by atoms with Crippen molar-refractivity contribution in [1.29, 1.82) is 0 Å². The summed E-state index contributed by atoms with van der Waals surface area (Å²) in [5, 5.41) is 27.8. The van der Waals surface area contributed by atoms with Gasteiger partial charge in [0.15, 0.2) is 0 Å². The molecule has 4 nitrogen and oxygen atoms in total. The Hall–Kier alpha value is -1.13. The van der Waals surface area contributed by atoms with E-state index in [1.54, 1.807) is 6.08 Å². The molecule has 0 unspecified atom stereocenters. The van der Waals surface area contributed by atoms with E-state index in [4.69, 9.17) is 5.11 Å². The predicted octanol–water partition coefficient (Wildman–Crippen LogP) is 0.315. The van der Waals surface area contributed by atoms with Crippen LogP contribution in [0.4, 0.5) is 0 Å². The third kappa shape index (κ3) is 1.86. The van der Waals surface area contributed by atoms with Crippen molar-refractivity contribution in [1.82, 2.24) is 0 Å². The normalized spacial score (nSPS) is 27.2. The summed E-state index contributed by atoms with van der Waals surface area (Å²) in [5.41, 5.74) is 0.490. The third-order valence-corrected chi connectivity index (χ3v) is 2.33. The van der Waals surface area contributed by atoms with E-state index < -0.39 is 18.2 Å². The molecule has 0 bridgehead atoms. The molecule has 0 heterocycles. The van der Waals surface area contributed by atoms with E-state index in [0.29, 0.717) is 5.57 Å². The van der Waals surface area contributed by atoms with E-state index in [9.17, 15) is 15.0 Å². The maximum absolute atomic E-state index is 10.6. The summed E-state index contributed by atoms with van der Waals surface area (Å²) in [6.07, 6.45) is 0.474. The number of hydrogen-bond acceptors (Lipinski definition) is 3. The van der Waals surface area contributed by atoms with Crippen molar-refractivity contribution in [2.45, 2.75) is 26.1 Å². The average molecular weight is 198 g/mol. The van der Waals surface area contributed by atoms with Gasteiger partial charge in [0.05, 0.1) is 5.57 Å². The van der Waals surface area contributed by atoms with E-state index in [0.717, 1.165) is 0 Å². The molecule has 0 saturated carbocycles. The number of allylic oxidation sites excluding steroid dienone is 2. The first-order valence-corrected chi connectivity index (χ1v) is 4.46. The molecular weight excluding hydrogens is 184 g/mol. The molecule has 2 atom stereocenters. The minimum atomic E-state index is -1.32. The summed E-state index contributed by atoms with van der Waals surface area (Å²) in [4.78, 5) is 10.6. The van der Waals surface area contributed by atoms with E-state index in [2.05, 4.69) is 0 Å². The van der Waals surface area contributed by atoms with Crippen LogP contribution in [-0.2, 0) is 4.79 Å². The molecule has 1 aliphatic rings. The molecule has 0 aromatic rings. The number of rotatable bonds is 2. The van der Waals surface area contributed by atoms with Gasteiger partial charge in [0.1, 0.15) is 12.2 Å². The highest BCUT2D eigenvalue weighted by Gasteiger charge is 2.31. The molecule has 4 heteroatoms. The van der Waals surface area contributed by atoms with Crippen LogP contribution in [0.3, 0.4) is 0 Å². The minimum Gasteiger partial charge on any atom is -0.478 e. The summed E-state index contributed by atoms with van der Waals surface area (Å²) >= 11 is 0. The molecule has 0 aliphatic heterocycles. The number of carboxylic acid groups (broad SMARTS) is 1.